The summed E-state index contributed by atoms with van der Waals surface area (Å²) in [5, 5.41) is 1.04. The van der Waals surface area contributed by atoms with E-state index in [1.54, 1.807) is 0 Å². The van der Waals surface area contributed by atoms with Crippen molar-refractivity contribution in [3.8, 4) is 22.3 Å². The Balaban J connectivity index is 1.28. The Labute approximate surface area is 192 Å². The molecule has 156 valence electrons. The van der Waals surface area contributed by atoms with Gasteiger partial charge in [-0.25, -0.2) is 13.7 Å². The number of aromatic nitrogens is 4. The lowest BCUT2D eigenvalue weighted by Gasteiger charge is -2.02. The monoisotopic (exact) mass is 475 g/mol. The van der Waals surface area contributed by atoms with Crippen LogP contribution in [0.25, 0.3) is 22.3 Å². The first-order valence-corrected chi connectivity index (χ1v) is 11.9. The zero-order valence-electron chi connectivity index (χ0n) is 17.6. The Morgan fingerprint density at radius 3 is 1.26 bits per heavy atom. The van der Waals surface area contributed by atoms with Gasteiger partial charge in [-0.15, -0.1) is 0 Å². The van der Waals surface area contributed by atoms with E-state index in [0.29, 0.717) is 0 Å². The van der Waals surface area contributed by atoms with Crippen molar-refractivity contribution in [3.63, 3.8) is 0 Å². The van der Waals surface area contributed by atoms with Crippen molar-refractivity contribution in [2.45, 2.75) is 32.5 Å². The fourth-order valence-electron chi connectivity index (χ4n) is 3.62. The van der Waals surface area contributed by atoms with Crippen LogP contribution in [0.1, 0.15) is 12.8 Å². The maximum Gasteiger partial charge on any atom is 0.169 e. The molecule has 4 aromatic heterocycles. The molecule has 0 saturated heterocycles. The molecule has 0 atom stereocenters. The van der Waals surface area contributed by atoms with Gasteiger partial charge in [0.15, 0.2) is 50.3 Å². The lowest BCUT2D eigenvalue weighted by Crippen LogP contribution is -2.38. The van der Waals surface area contributed by atoms with E-state index < -0.39 is 0 Å². The van der Waals surface area contributed by atoms with Crippen LogP contribution in [0.15, 0.2) is 98.1 Å². The quantitative estimate of drug-likeness (QED) is 0.263. The predicted molar refractivity (Wildman–Crippen MR) is 125 cm³/mol. The molecule has 0 aromatic carbocycles. The smallest absolute Gasteiger partial charge is 0.169 e. The summed E-state index contributed by atoms with van der Waals surface area (Å²) in [4.78, 5) is 4.08. The highest BCUT2D eigenvalue weighted by atomic mass is 79.9. The average molecular weight is 476 g/mol. The summed E-state index contributed by atoms with van der Waals surface area (Å²) in [7, 11) is 0. The molecule has 31 heavy (non-hydrogen) atoms. The first-order valence-electron chi connectivity index (χ1n) is 10.8. The summed E-state index contributed by atoms with van der Waals surface area (Å²) < 4.78 is 6.73. The third-order valence-electron chi connectivity index (χ3n) is 5.40. The van der Waals surface area contributed by atoms with Gasteiger partial charge in [0.2, 0.25) is 0 Å². The Kier molecular flexibility index (Phi) is 7.51. The highest BCUT2D eigenvalue weighted by Crippen LogP contribution is 2.16. The van der Waals surface area contributed by atoms with Crippen LogP contribution < -0.4 is 13.7 Å². The van der Waals surface area contributed by atoms with E-state index in [4.69, 9.17) is 0 Å². The summed E-state index contributed by atoms with van der Waals surface area (Å²) >= 11 is 3.49. The highest BCUT2D eigenvalue weighted by molar-refractivity contribution is 9.09. The van der Waals surface area contributed by atoms with E-state index >= 15 is 0 Å². The molecular formula is C26H28BrN4+3. The first kappa shape index (κ1) is 21.3. The van der Waals surface area contributed by atoms with E-state index in [1.165, 1.54) is 22.3 Å². The molecule has 0 N–H and O–H groups in total. The van der Waals surface area contributed by atoms with Gasteiger partial charge in [-0.1, -0.05) is 15.9 Å². The average Bonchev–Trinajstić information content (AvgIpc) is 2.84. The van der Waals surface area contributed by atoms with Gasteiger partial charge < -0.3 is 0 Å². The van der Waals surface area contributed by atoms with Gasteiger partial charge in [0.1, 0.15) is 6.54 Å². The van der Waals surface area contributed by atoms with Gasteiger partial charge in [-0.05, 0) is 34.4 Å². The van der Waals surface area contributed by atoms with Crippen molar-refractivity contribution in [1.29, 1.82) is 0 Å². The van der Waals surface area contributed by atoms with Crippen LogP contribution >= 0.6 is 15.9 Å². The maximum atomic E-state index is 4.08. The Bertz CT molecular complexity index is 1060. The minimum Gasteiger partial charge on any atom is -0.265 e. The zero-order chi connectivity index (χ0) is 21.3. The Hall–Kier alpha value is -2.92. The summed E-state index contributed by atoms with van der Waals surface area (Å²) in [6, 6.07) is 17.2. The minimum absolute atomic E-state index is 0.998. The second kappa shape index (κ2) is 10.9. The Morgan fingerprint density at radius 2 is 0.871 bits per heavy atom. The second-order valence-electron chi connectivity index (χ2n) is 7.61. The van der Waals surface area contributed by atoms with Gasteiger partial charge in [0.05, 0.1) is 6.42 Å². The molecule has 0 saturated carbocycles. The first-order chi connectivity index (χ1) is 15.3. The Morgan fingerprint density at radius 1 is 0.516 bits per heavy atom. The number of rotatable bonds is 9. The third-order valence-corrected chi connectivity index (χ3v) is 5.96. The van der Waals surface area contributed by atoms with Crippen molar-refractivity contribution in [3.05, 3.63) is 98.1 Å². The van der Waals surface area contributed by atoms with E-state index in [-0.39, 0.29) is 0 Å². The molecule has 0 fully saturated rings. The third kappa shape index (κ3) is 6.05. The molecule has 0 amide bonds. The molecule has 4 nitrogen and oxygen atoms in total. The maximum absolute atomic E-state index is 4.08. The number of alkyl halides is 1. The van der Waals surface area contributed by atoms with Crippen molar-refractivity contribution in [2.24, 2.45) is 0 Å². The van der Waals surface area contributed by atoms with Crippen molar-refractivity contribution >= 4 is 15.9 Å². The van der Waals surface area contributed by atoms with Gasteiger partial charge >= 0.3 is 0 Å². The molecule has 0 bridgehead atoms. The number of halogens is 1. The van der Waals surface area contributed by atoms with E-state index in [0.717, 1.165) is 37.8 Å². The fraction of sp³-hybridized carbons (Fsp3) is 0.231. The molecule has 0 spiro atoms. The minimum atomic E-state index is 0.998. The molecule has 0 aliphatic heterocycles. The molecule has 4 heterocycles. The second-order valence-corrected chi connectivity index (χ2v) is 8.40. The number of nitrogens with zero attached hydrogens (tertiary/aromatic N) is 4. The molecule has 0 radical (unpaired) electrons. The summed E-state index contributed by atoms with van der Waals surface area (Å²) in [5.74, 6) is 0. The zero-order valence-corrected chi connectivity index (χ0v) is 19.2. The molecule has 4 aromatic rings. The largest absolute Gasteiger partial charge is 0.265 e. The standard InChI is InChI=1S/C26H28BrN4/c27-11-1-14-29-17-7-25(8-18-29)26-9-21-31(22-10-26)16-2-15-30-19-5-24(6-20-30)23-3-12-28-13-4-23/h3-10,12-13,17-22H,1-2,11,14-16H2/q+3. The molecule has 0 aliphatic carbocycles. The van der Waals surface area contributed by atoms with Crippen molar-refractivity contribution in [2.75, 3.05) is 5.33 Å². The summed E-state index contributed by atoms with van der Waals surface area (Å²) in [5.41, 5.74) is 4.93. The van der Waals surface area contributed by atoms with Crippen LogP contribution in [0.5, 0.6) is 0 Å². The molecule has 0 unspecified atom stereocenters. The molecule has 4 rings (SSSR count). The lowest BCUT2D eigenvalue weighted by molar-refractivity contribution is -0.726. The van der Waals surface area contributed by atoms with E-state index in [2.05, 4.69) is 108 Å². The fourth-order valence-corrected chi connectivity index (χ4v) is 3.87. The number of aryl methyl sites for hydroxylation is 3. The van der Waals surface area contributed by atoms with Crippen LogP contribution in [0, 0.1) is 0 Å². The SMILES string of the molecule is BrCCC[n+]1ccc(-c2cc[n+](CCC[n+]3ccc(-c4ccncc4)cc3)cc2)cc1. The van der Waals surface area contributed by atoms with Crippen LogP contribution in [0.3, 0.4) is 0 Å². The molecular weight excluding hydrogens is 448 g/mol. The van der Waals surface area contributed by atoms with E-state index in [1.807, 2.05) is 24.5 Å². The molecule has 0 aliphatic rings. The van der Waals surface area contributed by atoms with Gasteiger partial charge in [-0.3, -0.25) is 4.98 Å². The van der Waals surface area contributed by atoms with Crippen LogP contribution in [-0.2, 0) is 19.6 Å². The number of hydrogen-bond acceptors (Lipinski definition) is 1. The van der Waals surface area contributed by atoms with Crippen LogP contribution in [0.2, 0.25) is 0 Å². The molecule has 5 heteroatoms. The predicted octanol–water partition coefficient (Wildman–Crippen LogP) is 4.15. The normalized spacial score (nSPS) is 10.9. The van der Waals surface area contributed by atoms with Crippen molar-refractivity contribution < 1.29 is 13.7 Å². The van der Waals surface area contributed by atoms with E-state index in [9.17, 15) is 0 Å². The van der Waals surface area contributed by atoms with Gasteiger partial charge in [-0.2, -0.15) is 0 Å². The topological polar surface area (TPSA) is 24.5 Å². The van der Waals surface area contributed by atoms with Gasteiger partial charge in [0, 0.05) is 60.5 Å². The summed E-state index contributed by atoms with van der Waals surface area (Å²) in [6.07, 6.45) is 18.9. The van der Waals surface area contributed by atoms with Crippen molar-refractivity contribution in [1.82, 2.24) is 4.98 Å². The van der Waals surface area contributed by atoms with Crippen LogP contribution in [0.4, 0.5) is 0 Å². The van der Waals surface area contributed by atoms with Crippen LogP contribution in [-0.4, -0.2) is 10.3 Å². The highest BCUT2D eigenvalue weighted by Gasteiger charge is 2.08. The van der Waals surface area contributed by atoms with Gasteiger partial charge in [0.25, 0.3) is 0 Å². The summed E-state index contributed by atoms with van der Waals surface area (Å²) in [6.45, 7) is 3.05. The number of pyridine rings is 4. The number of hydrogen-bond donors (Lipinski definition) is 0. The lowest BCUT2D eigenvalue weighted by atomic mass is 10.1.